The van der Waals surface area contributed by atoms with Crippen LogP contribution in [0, 0.1) is 0 Å². The highest BCUT2D eigenvalue weighted by Gasteiger charge is 2.22. The van der Waals surface area contributed by atoms with Crippen molar-refractivity contribution in [3.05, 3.63) is 51.0 Å². The molecule has 1 heterocycles. The molecule has 10 heteroatoms. The molecule has 0 N–H and O–H groups in total. The summed E-state index contributed by atoms with van der Waals surface area (Å²) < 4.78 is 42.7. The number of carbonyl (C=O) groups is 1. The molecular weight excluding hydrogens is 474 g/mol. The highest BCUT2D eigenvalue weighted by molar-refractivity contribution is 9.10. The summed E-state index contributed by atoms with van der Waals surface area (Å²) in [6.45, 7) is 0.853. The average molecular weight is 491 g/mol. The van der Waals surface area contributed by atoms with Crippen LogP contribution in [0.5, 0.6) is 11.5 Å². The molecule has 0 spiro atoms. The molecule has 2 aromatic rings. The number of ether oxygens (including phenoxy) is 3. The molecule has 0 radical (unpaired) electrons. The minimum absolute atomic E-state index is 0.0294. The summed E-state index contributed by atoms with van der Waals surface area (Å²) in [7, 11) is -0.897. The van der Waals surface area contributed by atoms with Crippen LogP contribution in [-0.2, 0) is 21.4 Å². The van der Waals surface area contributed by atoms with Crippen molar-refractivity contribution in [1.29, 1.82) is 0 Å². The van der Waals surface area contributed by atoms with Crippen LogP contribution < -0.4 is 9.47 Å². The predicted octanol–water partition coefficient (Wildman–Crippen LogP) is 3.48. The Kier molecular flexibility index (Phi) is 6.18. The first-order valence-corrected chi connectivity index (χ1v) is 10.8. The van der Waals surface area contributed by atoms with Gasteiger partial charge in [-0.1, -0.05) is 27.5 Å². The van der Waals surface area contributed by atoms with Crippen LogP contribution in [-0.4, -0.2) is 46.0 Å². The lowest BCUT2D eigenvalue weighted by Gasteiger charge is -2.20. The van der Waals surface area contributed by atoms with Gasteiger partial charge in [0.05, 0.1) is 15.5 Å². The standard InChI is InChI=1S/C18H17BrClNO6S/c1-21(2)28(23,24)12-3-4-15(20)13(8-12)18(22)27-10-11-7-16-17(9-14(11)19)26-6-5-25-16/h3-4,7-9H,5-6,10H2,1-2H3. The van der Waals surface area contributed by atoms with Crippen LogP contribution >= 0.6 is 27.5 Å². The number of nitrogens with zero attached hydrogens (tertiary/aromatic N) is 1. The van der Waals surface area contributed by atoms with Crippen LogP contribution in [0.2, 0.25) is 5.02 Å². The second-order valence-electron chi connectivity index (χ2n) is 6.09. The largest absolute Gasteiger partial charge is 0.486 e. The molecule has 0 saturated carbocycles. The molecule has 2 aromatic carbocycles. The molecule has 0 unspecified atom stereocenters. The van der Waals surface area contributed by atoms with Gasteiger partial charge in [-0.3, -0.25) is 0 Å². The summed E-state index contributed by atoms with van der Waals surface area (Å²) in [5.41, 5.74) is 0.643. The van der Waals surface area contributed by atoms with Crippen LogP contribution in [0.4, 0.5) is 0 Å². The van der Waals surface area contributed by atoms with Crippen molar-refractivity contribution in [2.24, 2.45) is 0 Å². The number of hydrogen-bond donors (Lipinski definition) is 0. The minimum Gasteiger partial charge on any atom is -0.486 e. The van der Waals surface area contributed by atoms with Gasteiger partial charge in [0.1, 0.15) is 19.8 Å². The summed E-state index contributed by atoms with van der Waals surface area (Å²) in [6.07, 6.45) is 0. The average Bonchev–Trinajstić information content (AvgIpc) is 2.66. The summed E-state index contributed by atoms with van der Waals surface area (Å²) in [4.78, 5) is 12.5. The molecule has 28 heavy (non-hydrogen) atoms. The Bertz CT molecular complexity index is 1020. The number of carbonyl (C=O) groups excluding carboxylic acids is 1. The van der Waals surface area contributed by atoms with Crippen LogP contribution in [0.3, 0.4) is 0 Å². The first-order chi connectivity index (χ1) is 13.2. The Morgan fingerprint density at radius 2 is 1.82 bits per heavy atom. The van der Waals surface area contributed by atoms with Gasteiger partial charge in [-0.2, -0.15) is 0 Å². The highest BCUT2D eigenvalue weighted by Crippen LogP contribution is 2.36. The van der Waals surface area contributed by atoms with E-state index in [1.807, 2.05) is 0 Å². The zero-order chi connectivity index (χ0) is 20.5. The molecule has 7 nitrogen and oxygen atoms in total. The monoisotopic (exact) mass is 489 g/mol. The van der Waals surface area contributed by atoms with Gasteiger partial charge in [-0.05, 0) is 30.3 Å². The lowest BCUT2D eigenvalue weighted by atomic mass is 10.2. The van der Waals surface area contributed by atoms with Crippen molar-refractivity contribution in [3.63, 3.8) is 0 Å². The maximum atomic E-state index is 12.5. The highest BCUT2D eigenvalue weighted by atomic mass is 79.9. The number of halogens is 2. The first kappa shape index (κ1) is 20.9. The first-order valence-electron chi connectivity index (χ1n) is 8.17. The van der Waals surface area contributed by atoms with E-state index in [2.05, 4.69) is 15.9 Å². The topological polar surface area (TPSA) is 82.1 Å². The summed E-state index contributed by atoms with van der Waals surface area (Å²) in [5.74, 6) is 0.443. The molecule has 3 rings (SSSR count). The molecule has 0 fully saturated rings. The molecule has 0 amide bonds. The fourth-order valence-corrected chi connectivity index (χ4v) is 4.03. The molecule has 0 aliphatic carbocycles. The molecule has 0 bridgehead atoms. The molecule has 150 valence electrons. The van der Waals surface area contributed by atoms with Gasteiger partial charge in [0.25, 0.3) is 0 Å². The third-order valence-electron chi connectivity index (χ3n) is 4.01. The van der Waals surface area contributed by atoms with Crippen molar-refractivity contribution >= 4 is 43.5 Å². The van der Waals surface area contributed by atoms with Crippen molar-refractivity contribution in [2.75, 3.05) is 27.3 Å². The second-order valence-corrected chi connectivity index (χ2v) is 9.51. The van der Waals surface area contributed by atoms with Gasteiger partial charge in [-0.15, -0.1) is 0 Å². The maximum absolute atomic E-state index is 12.5. The van der Waals surface area contributed by atoms with Gasteiger partial charge in [0, 0.05) is 24.1 Å². The van der Waals surface area contributed by atoms with Crippen LogP contribution in [0.1, 0.15) is 15.9 Å². The summed E-state index contributed by atoms with van der Waals surface area (Å²) in [5, 5.41) is 0.101. The van der Waals surface area contributed by atoms with E-state index in [1.165, 1.54) is 32.3 Å². The number of esters is 1. The number of hydrogen-bond acceptors (Lipinski definition) is 6. The Labute approximate surface area is 176 Å². The van der Waals surface area contributed by atoms with E-state index in [-0.39, 0.29) is 22.1 Å². The van der Waals surface area contributed by atoms with Gasteiger partial charge in [0.2, 0.25) is 10.0 Å². The molecule has 0 saturated heterocycles. The second kappa shape index (κ2) is 8.28. The molecule has 0 aromatic heterocycles. The minimum atomic E-state index is -3.70. The van der Waals surface area contributed by atoms with Crippen LogP contribution in [0.25, 0.3) is 0 Å². The van der Waals surface area contributed by atoms with Crippen LogP contribution in [0.15, 0.2) is 39.7 Å². The summed E-state index contributed by atoms with van der Waals surface area (Å²) in [6, 6.07) is 7.37. The van der Waals surface area contributed by atoms with E-state index < -0.39 is 16.0 Å². The van der Waals surface area contributed by atoms with E-state index >= 15 is 0 Å². The Morgan fingerprint density at radius 1 is 1.18 bits per heavy atom. The summed E-state index contributed by atoms with van der Waals surface area (Å²) >= 11 is 9.49. The zero-order valence-corrected chi connectivity index (χ0v) is 18.2. The zero-order valence-electron chi connectivity index (χ0n) is 15.1. The van der Waals surface area contributed by atoms with E-state index in [0.717, 1.165) is 4.31 Å². The van der Waals surface area contributed by atoms with E-state index in [0.29, 0.717) is 34.7 Å². The molecule has 1 aliphatic heterocycles. The van der Waals surface area contributed by atoms with Crippen molar-refractivity contribution in [2.45, 2.75) is 11.5 Å². The number of rotatable bonds is 5. The number of sulfonamides is 1. The van der Waals surface area contributed by atoms with Gasteiger partial charge in [-0.25, -0.2) is 17.5 Å². The number of benzene rings is 2. The van der Waals surface area contributed by atoms with Gasteiger partial charge in [0.15, 0.2) is 11.5 Å². The Hall–Kier alpha value is -1.81. The van der Waals surface area contributed by atoms with Crippen molar-refractivity contribution in [3.8, 4) is 11.5 Å². The van der Waals surface area contributed by atoms with E-state index in [1.54, 1.807) is 12.1 Å². The van der Waals surface area contributed by atoms with Gasteiger partial charge < -0.3 is 14.2 Å². The SMILES string of the molecule is CN(C)S(=O)(=O)c1ccc(Cl)c(C(=O)OCc2cc3c(cc2Br)OCCO3)c1. The fraction of sp³-hybridized carbons (Fsp3) is 0.278. The van der Waals surface area contributed by atoms with Crippen molar-refractivity contribution < 1.29 is 27.4 Å². The predicted molar refractivity (Wildman–Crippen MR) is 107 cm³/mol. The van der Waals surface area contributed by atoms with E-state index in [4.69, 9.17) is 25.8 Å². The normalized spacial score (nSPS) is 13.5. The fourth-order valence-electron chi connectivity index (χ4n) is 2.47. The van der Waals surface area contributed by atoms with Crippen molar-refractivity contribution in [1.82, 2.24) is 4.31 Å². The molecular formula is C18H17BrClNO6S. The quantitative estimate of drug-likeness (QED) is 0.597. The lowest BCUT2D eigenvalue weighted by molar-refractivity contribution is 0.0471. The maximum Gasteiger partial charge on any atom is 0.340 e. The number of fused-ring (bicyclic) bond motifs is 1. The Morgan fingerprint density at radius 3 is 2.46 bits per heavy atom. The van der Waals surface area contributed by atoms with E-state index in [9.17, 15) is 13.2 Å². The van der Waals surface area contributed by atoms with Gasteiger partial charge >= 0.3 is 5.97 Å². The lowest BCUT2D eigenvalue weighted by Crippen LogP contribution is -2.22. The third-order valence-corrected chi connectivity index (χ3v) is 6.89. The Balaban J connectivity index is 1.81. The smallest absolute Gasteiger partial charge is 0.340 e. The molecule has 0 atom stereocenters. The molecule has 1 aliphatic rings. The third kappa shape index (κ3) is 4.27.